The molecule has 0 radical (unpaired) electrons. The Bertz CT molecular complexity index is 899. The maximum atomic E-state index is 12.6. The summed E-state index contributed by atoms with van der Waals surface area (Å²) in [5.74, 6) is 1.63. The van der Waals surface area contributed by atoms with Gasteiger partial charge in [-0.25, -0.2) is 0 Å². The first-order valence-electron chi connectivity index (χ1n) is 10.2. The number of nitrogens with zero attached hydrogens (tertiary/aromatic N) is 1. The van der Waals surface area contributed by atoms with Crippen molar-refractivity contribution < 1.29 is 14.3 Å². The number of nitrogens with one attached hydrogen (secondary N) is 1. The van der Waals surface area contributed by atoms with E-state index in [1.54, 1.807) is 16.7 Å². The van der Waals surface area contributed by atoms with Gasteiger partial charge in [0.1, 0.15) is 12.4 Å². The van der Waals surface area contributed by atoms with E-state index < -0.39 is 0 Å². The van der Waals surface area contributed by atoms with Crippen molar-refractivity contribution in [1.29, 1.82) is 0 Å². The predicted octanol–water partition coefficient (Wildman–Crippen LogP) is 3.59. The summed E-state index contributed by atoms with van der Waals surface area (Å²) in [5, 5.41) is 2.84. The van der Waals surface area contributed by atoms with Crippen LogP contribution in [0.3, 0.4) is 0 Å². The fourth-order valence-corrected chi connectivity index (χ4v) is 4.86. The number of benzene rings is 2. The molecule has 0 spiro atoms. The van der Waals surface area contributed by atoms with E-state index in [0.29, 0.717) is 19.7 Å². The molecule has 152 valence electrons. The SMILES string of the molecule is O=C(CCC(=O)N1CCSc2ccccc21)NCCOc1ccc2c(c1)CCC2. The second kappa shape index (κ2) is 9.35. The molecule has 0 saturated heterocycles. The normalized spacial score (nSPS) is 14.8. The highest BCUT2D eigenvalue weighted by Crippen LogP contribution is 2.34. The van der Waals surface area contributed by atoms with Crippen LogP contribution in [-0.4, -0.2) is 37.3 Å². The number of carbonyl (C=O) groups excluding carboxylic acids is 2. The maximum absolute atomic E-state index is 12.6. The molecule has 0 unspecified atom stereocenters. The van der Waals surface area contributed by atoms with E-state index in [1.807, 2.05) is 30.3 Å². The highest BCUT2D eigenvalue weighted by molar-refractivity contribution is 7.99. The largest absolute Gasteiger partial charge is 0.492 e. The Morgan fingerprint density at radius 1 is 1.07 bits per heavy atom. The average molecular weight is 411 g/mol. The number of thioether (sulfide) groups is 1. The van der Waals surface area contributed by atoms with Gasteiger partial charge >= 0.3 is 0 Å². The summed E-state index contributed by atoms with van der Waals surface area (Å²) in [4.78, 5) is 27.6. The van der Waals surface area contributed by atoms with Gasteiger partial charge in [-0.2, -0.15) is 0 Å². The van der Waals surface area contributed by atoms with E-state index in [0.717, 1.165) is 34.9 Å². The zero-order chi connectivity index (χ0) is 20.1. The van der Waals surface area contributed by atoms with Gasteiger partial charge in [-0.05, 0) is 54.7 Å². The molecule has 1 heterocycles. The first-order chi connectivity index (χ1) is 14.2. The van der Waals surface area contributed by atoms with Crippen LogP contribution in [0.15, 0.2) is 47.4 Å². The van der Waals surface area contributed by atoms with Crippen molar-refractivity contribution >= 4 is 29.3 Å². The zero-order valence-corrected chi connectivity index (χ0v) is 17.3. The van der Waals surface area contributed by atoms with Gasteiger partial charge in [0.25, 0.3) is 0 Å². The number of hydrogen-bond donors (Lipinski definition) is 1. The summed E-state index contributed by atoms with van der Waals surface area (Å²) in [6, 6.07) is 14.2. The van der Waals surface area contributed by atoms with Gasteiger partial charge in [0.2, 0.25) is 11.8 Å². The summed E-state index contributed by atoms with van der Waals surface area (Å²) in [6.07, 6.45) is 3.92. The van der Waals surface area contributed by atoms with Crippen molar-refractivity contribution in [3.63, 3.8) is 0 Å². The van der Waals surface area contributed by atoms with Crippen molar-refractivity contribution in [2.24, 2.45) is 0 Å². The Morgan fingerprint density at radius 2 is 1.93 bits per heavy atom. The highest BCUT2D eigenvalue weighted by Gasteiger charge is 2.22. The number of ether oxygens (including phenoxy) is 1. The van der Waals surface area contributed by atoms with Gasteiger partial charge in [-0.3, -0.25) is 9.59 Å². The van der Waals surface area contributed by atoms with Crippen LogP contribution < -0.4 is 15.0 Å². The summed E-state index contributed by atoms with van der Waals surface area (Å²) < 4.78 is 5.75. The molecule has 1 aliphatic heterocycles. The van der Waals surface area contributed by atoms with Crippen LogP contribution in [0, 0.1) is 0 Å². The second-order valence-corrected chi connectivity index (χ2v) is 8.48. The van der Waals surface area contributed by atoms with E-state index in [9.17, 15) is 9.59 Å². The van der Waals surface area contributed by atoms with Crippen molar-refractivity contribution in [2.45, 2.75) is 37.0 Å². The molecular weight excluding hydrogens is 384 g/mol. The van der Waals surface area contributed by atoms with Crippen molar-refractivity contribution in [3.05, 3.63) is 53.6 Å². The van der Waals surface area contributed by atoms with Gasteiger partial charge < -0.3 is 15.0 Å². The number of rotatable bonds is 7. The molecule has 6 heteroatoms. The average Bonchev–Trinajstić information content (AvgIpc) is 3.22. The van der Waals surface area contributed by atoms with Crippen LogP contribution in [-0.2, 0) is 22.4 Å². The molecule has 2 aliphatic rings. The molecule has 1 N–H and O–H groups in total. The Balaban J connectivity index is 1.17. The summed E-state index contributed by atoms with van der Waals surface area (Å²) in [5.41, 5.74) is 3.75. The van der Waals surface area contributed by atoms with Crippen LogP contribution >= 0.6 is 11.8 Å². The van der Waals surface area contributed by atoms with Gasteiger partial charge in [0, 0.05) is 30.0 Å². The minimum Gasteiger partial charge on any atom is -0.492 e. The smallest absolute Gasteiger partial charge is 0.227 e. The van der Waals surface area contributed by atoms with Crippen molar-refractivity contribution in [1.82, 2.24) is 5.32 Å². The predicted molar refractivity (Wildman–Crippen MR) is 116 cm³/mol. The number of hydrogen-bond acceptors (Lipinski definition) is 4. The first kappa shape index (κ1) is 19.8. The quantitative estimate of drug-likeness (QED) is 0.709. The van der Waals surface area contributed by atoms with Crippen molar-refractivity contribution in [2.75, 3.05) is 30.3 Å². The molecule has 2 aromatic carbocycles. The first-order valence-corrected chi connectivity index (χ1v) is 11.2. The minimum absolute atomic E-state index is 0.00212. The third-order valence-corrected chi connectivity index (χ3v) is 6.40. The molecule has 0 fully saturated rings. The van der Waals surface area contributed by atoms with Gasteiger partial charge in [-0.15, -0.1) is 11.8 Å². The third kappa shape index (κ3) is 4.93. The molecule has 5 nitrogen and oxygen atoms in total. The molecule has 2 aromatic rings. The van der Waals surface area contributed by atoms with Gasteiger partial charge in [0.05, 0.1) is 12.2 Å². The lowest BCUT2D eigenvalue weighted by molar-refractivity contribution is -0.125. The lowest BCUT2D eigenvalue weighted by Crippen LogP contribution is -2.36. The Morgan fingerprint density at radius 3 is 2.86 bits per heavy atom. The molecule has 0 saturated carbocycles. The fraction of sp³-hybridized carbons (Fsp3) is 0.391. The van der Waals surface area contributed by atoms with Gasteiger partial charge in [-0.1, -0.05) is 18.2 Å². The zero-order valence-electron chi connectivity index (χ0n) is 16.5. The van der Waals surface area contributed by atoms with E-state index in [2.05, 4.69) is 17.4 Å². The molecule has 2 amide bonds. The topological polar surface area (TPSA) is 58.6 Å². The third-order valence-electron chi connectivity index (χ3n) is 5.36. The lowest BCUT2D eigenvalue weighted by atomic mass is 10.1. The summed E-state index contributed by atoms with van der Waals surface area (Å²) in [7, 11) is 0. The number of carbonyl (C=O) groups is 2. The molecule has 1 aliphatic carbocycles. The number of anilines is 1. The van der Waals surface area contributed by atoms with E-state index in [4.69, 9.17) is 4.74 Å². The van der Waals surface area contributed by atoms with Crippen LogP contribution in [0.1, 0.15) is 30.4 Å². The molecule has 0 atom stereocenters. The molecule has 29 heavy (non-hydrogen) atoms. The molecule has 0 bridgehead atoms. The Hall–Kier alpha value is -2.47. The standard InChI is InChI=1S/C23H26N2O3S/c26-22(24-12-14-28-19-9-8-17-4-3-5-18(17)16-19)10-11-23(27)25-13-15-29-21-7-2-1-6-20(21)25/h1-2,6-9,16H,3-5,10-15H2,(H,24,26). The number of fused-ring (bicyclic) bond motifs is 2. The molecular formula is C23H26N2O3S. The Labute approximate surface area is 175 Å². The lowest BCUT2D eigenvalue weighted by Gasteiger charge is -2.29. The van der Waals surface area contributed by atoms with Crippen LogP contribution in [0.5, 0.6) is 5.75 Å². The van der Waals surface area contributed by atoms with E-state index in [1.165, 1.54) is 17.5 Å². The number of para-hydroxylation sites is 1. The monoisotopic (exact) mass is 410 g/mol. The van der Waals surface area contributed by atoms with Gasteiger partial charge in [0.15, 0.2) is 0 Å². The summed E-state index contributed by atoms with van der Waals surface area (Å²) >= 11 is 1.77. The van der Waals surface area contributed by atoms with Crippen LogP contribution in [0.2, 0.25) is 0 Å². The number of amides is 2. The maximum Gasteiger partial charge on any atom is 0.227 e. The van der Waals surface area contributed by atoms with Crippen LogP contribution in [0.4, 0.5) is 5.69 Å². The number of aryl methyl sites for hydroxylation is 2. The fourth-order valence-electron chi connectivity index (χ4n) is 3.87. The second-order valence-electron chi connectivity index (χ2n) is 7.34. The highest BCUT2D eigenvalue weighted by atomic mass is 32.2. The molecule has 4 rings (SSSR count). The van der Waals surface area contributed by atoms with E-state index in [-0.39, 0.29) is 24.7 Å². The van der Waals surface area contributed by atoms with Crippen molar-refractivity contribution in [3.8, 4) is 5.75 Å². The minimum atomic E-state index is -0.115. The van der Waals surface area contributed by atoms with Crippen LogP contribution in [0.25, 0.3) is 0 Å². The van der Waals surface area contributed by atoms with E-state index >= 15 is 0 Å². The Kier molecular flexibility index (Phi) is 6.39. The molecule has 0 aromatic heterocycles. The summed E-state index contributed by atoms with van der Waals surface area (Å²) in [6.45, 7) is 1.55.